The number of methoxy groups -OCH3 is 1. The van der Waals surface area contributed by atoms with Crippen molar-refractivity contribution in [3.63, 3.8) is 0 Å². The lowest BCUT2D eigenvalue weighted by atomic mass is 9.96. The van der Waals surface area contributed by atoms with E-state index >= 15 is 0 Å². The summed E-state index contributed by atoms with van der Waals surface area (Å²) in [5.74, 6) is 0.923. The molecular formula is C18H23NO2. The van der Waals surface area contributed by atoms with Crippen LogP contribution >= 0.6 is 0 Å². The van der Waals surface area contributed by atoms with E-state index in [0.717, 1.165) is 35.2 Å². The van der Waals surface area contributed by atoms with Gasteiger partial charge < -0.3 is 9.64 Å². The molecule has 0 bridgehead atoms. The molecule has 0 radical (unpaired) electrons. The lowest BCUT2D eigenvalue weighted by Crippen LogP contribution is -2.33. The van der Waals surface area contributed by atoms with E-state index in [9.17, 15) is 4.79 Å². The molecule has 0 aliphatic carbocycles. The van der Waals surface area contributed by atoms with Crippen LogP contribution in [0.25, 0.3) is 10.8 Å². The summed E-state index contributed by atoms with van der Waals surface area (Å²) < 4.78 is 5.24. The van der Waals surface area contributed by atoms with Gasteiger partial charge in [-0.2, -0.15) is 0 Å². The molecule has 1 unspecified atom stereocenters. The van der Waals surface area contributed by atoms with Crippen molar-refractivity contribution in [1.29, 1.82) is 0 Å². The summed E-state index contributed by atoms with van der Waals surface area (Å²) in [5, 5.41) is 2.26. The highest BCUT2D eigenvalue weighted by Gasteiger charge is 2.19. The van der Waals surface area contributed by atoms with Crippen molar-refractivity contribution >= 4 is 16.7 Å². The molecule has 0 saturated carbocycles. The van der Waals surface area contributed by atoms with Crippen molar-refractivity contribution in [2.45, 2.75) is 26.7 Å². The van der Waals surface area contributed by atoms with Gasteiger partial charge in [-0.25, -0.2) is 0 Å². The Morgan fingerprint density at radius 3 is 2.33 bits per heavy atom. The van der Waals surface area contributed by atoms with Gasteiger partial charge in [0.15, 0.2) is 0 Å². The maximum atomic E-state index is 12.4. The third-order valence-corrected chi connectivity index (χ3v) is 4.02. The maximum absolute atomic E-state index is 12.4. The normalized spacial score (nSPS) is 12.2. The van der Waals surface area contributed by atoms with E-state index in [1.807, 2.05) is 49.9 Å². The molecule has 0 aromatic heterocycles. The van der Waals surface area contributed by atoms with Crippen LogP contribution in [-0.4, -0.2) is 31.0 Å². The average Bonchev–Trinajstić information content (AvgIpc) is 2.54. The highest BCUT2D eigenvalue weighted by Crippen LogP contribution is 2.26. The van der Waals surface area contributed by atoms with Gasteiger partial charge in [0.1, 0.15) is 5.75 Å². The van der Waals surface area contributed by atoms with Crippen molar-refractivity contribution in [3.05, 3.63) is 42.0 Å². The molecule has 2 rings (SSSR count). The third-order valence-electron chi connectivity index (χ3n) is 4.02. The van der Waals surface area contributed by atoms with Gasteiger partial charge in [0, 0.05) is 13.1 Å². The number of hydrogen-bond acceptors (Lipinski definition) is 2. The molecule has 0 heterocycles. The van der Waals surface area contributed by atoms with Crippen molar-refractivity contribution in [2.75, 3.05) is 20.2 Å². The maximum Gasteiger partial charge on any atom is 0.229 e. The monoisotopic (exact) mass is 285 g/mol. The number of nitrogens with zero attached hydrogens (tertiary/aromatic N) is 1. The minimum absolute atomic E-state index is 0.114. The molecule has 1 atom stereocenters. The van der Waals surface area contributed by atoms with Crippen LogP contribution in [0.15, 0.2) is 36.4 Å². The largest absolute Gasteiger partial charge is 0.497 e. The molecule has 0 aliphatic rings. The minimum Gasteiger partial charge on any atom is -0.497 e. The first-order valence-corrected chi connectivity index (χ1v) is 7.47. The molecule has 0 aliphatic heterocycles. The molecule has 2 aromatic carbocycles. The lowest BCUT2D eigenvalue weighted by molar-refractivity contribution is -0.132. The lowest BCUT2D eigenvalue weighted by Gasteiger charge is -2.23. The number of rotatable bonds is 5. The third kappa shape index (κ3) is 3.18. The summed E-state index contributed by atoms with van der Waals surface area (Å²) in [6.07, 6.45) is 0. The molecule has 0 N–H and O–H groups in total. The summed E-state index contributed by atoms with van der Waals surface area (Å²) >= 11 is 0. The molecule has 112 valence electrons. The summed E-state index contributed by atoms with van der Waals surface area (Å²) in [6, 6.07) is 12.2. The van der Waals surface area contributed by atoms with Crippen molar-refractivity contribution in [2.24, 2.45) is 0 Å². The molecule has 0 saturated heterocycles. The fourth-order valence-corrected chi connectivity index (χ4v) is 2.59. The predicted octanol–water partition coefficient (Wildman–Crippen LogP) is 3.82. The van der Waals surface area contributed by atoms with Crippen LogP contribution in [0, 0.1) is 0 Å². The van der Waals surface area contributed by atoms with Crippen LogP contribution in [0.3, 0.4) is 0 Å². The second kappa shape index (κ2) is 6.61. The number of ether oxygens (including phenoxy) is 1. The summed E-state index contributed by atoms with van der Waals surface area (Å²) in [5.41, 5.74) is 1.06. The van der Waals surface area contributed by atoms with E-state index in [4.69, 9.17) is 4.74 Å². The highest BCUT2D eigenvalue weighted by molar-refractivity contribution is 5.88. The van der Waals surface area contributed by atoms with Crippen molar-refractivity contribution in [3.8, 4) is 5.75 Å². The van der Waals surface area contributed by atoms with E-state index in [2.05, 4.69) is 12.1 Å². The molecule has 0 fully saturated rings. The van der Waals surface area contributed by atoms with E-state index in [-0.39, 0.29) is 11.8 Å². The van der Waals surface area contributed by atoms with Crippen molar-refractivity contribution in [1.82, 2.24) is 4.90 Å². The number of likely N-dealkylation sites (N-methyl/N-ethyl adjacent to an activating group) is 1. The van der Waals surface area contributed by atoms with Gasteiger partial charge in [-0.3, -0.25) is 4.79 Å². The zero-order valence-corrected chi connectivity index (χ0v) is 13.2. The topological polar surface area (TPSA) is 29.5 Å². The van der Waals surface area contributed by atoms with Crippen LogP contribution in [0.5, 0.6) is 5.75 Å². The molecule has 2 aromatic rings. The van der Waals surface area contributed by atoms with E-state index in [1.165, 1.54) is 0 Å². The Hall–Kier alpha value is -2.03. The van der Waals surface area contributed by atoms with E-state index in [1.54, 1.807) is 7.11 Å². The Morgan fingerprint density at radius 1 is 1.10 bits per heavy atom. The quantitative estimate of drug-likeness (QED) is 0.835. The Morgan fingerprint density at radius 2 is 1.71 bits per heavy atom. The minimum atomic E-state index is -0.114. The standard InChI is InChI=1S/C18H23NO2/c1-5-19(6-2)18(20)13(3)14-7-8-16-12-17(21-4)10-9-15(16)11-14/h7-13H,5-6H2,1-4H3. The average molecular weight is 285 g/mol. The molecule has 3 nitrogen and oxygen atoms in total. The second-order valence-corrected chi connectivity index (χ2v) is 5.20. The summed E-state index contributed by atoms with van der Waals surface area (Å²) in [4.78, 5) is 14.3. The summed E-state index contributed by atoms with van der Waals surface area (Å²) in [7, 11) is 1.67. The van der Waals surface area contributed by atoms with Crippen LogP contribution in [-0.2, 0) is 4.79 Å². The SMILES string of the molecule is CCN(CC)C(=O)C(C)c1ccc2cc(OC)ccc2c1. The van der Waals surface area contributed by atoms with Gasteiger partial charge in [0.2, 0.25) is 5.91 Å². The van der Waals surface area contributed by atoms with Gasteiger partial charge in [-0.05, 0) is 49.2 Å². The van der Waals surface area contributed by atoms with Crippen LogP contribution < -0.4 is 4.74 Å². The number of benzene rings is 2. The fraction of sp³-hybridized carbons (Fsp3) is 0.389. The molecule has 0 spiro atoms. The number of carbonyl (C=O) groups excluding carboxylic acids is 1. The highest BCUT2D eigenvalue weighted by atomic mass is 16.5. The Bertz CT molecular complexity index is 632. The predicted molar refractivity (Wildman–Crippen MR) is 86.8 cm³/mol. The number of hydrogen-bond donors (Lipinski definition) is 0. The van der Waals surface area contributed by atoms with Crippen LogP contribution in [0.2, 0.25) is 0 Å². The Balaban J connectivity index is 2.32. The Kier molecular flexibility index (Phi) is 4.84. The Labute approximate surface area is 126 Å². The molecule has 3 heteroatoms. The zero-order chi connectivity index (χ0) is 15.4. The van der Waals surface area contributed by atoms with E-state index < -0.39 is 0 Å². The molecule has 21 heavy (non-hydrogen) atoms. The summed E-state index contributed by atoms with van der Waals surface area (Å²) in [6.45, 7) is 7.52. The van der Waals surface area contributed by atoms with Gasteiger partial charge in [0.25, 0.3) is 0 Å². The second-order valence-electron chi connectivity index (χ2n) is 5.20. The van der Waals surface area contributed by atoms with Gasteiger partial charge in [-0.1, -0.05) is 24.3 Å². The molecular weight excluding hydrogens is 262 g/mol. The van der Waals surface area contributed by atoms with Crippen molar-refractivity contribution < 1.29 is 9.53 Å². The first-order valence-electron chi connectivity index (χ1n) is 7.47. The van der Waals surface area contributed by atoms with Crippen LogP contribution in [0.1, 0.15) is 32.3 Å². The number of fused-ring (bicyclic) bond motifs is 1. The first-order chi connectivity index (χ1) is 10.1. The van der Waals surface area contributed by atoms with Gasteiger partial charge >= 0.3 is 0 Å². The fourth-order valence-electron chi connectivity index (χ4n) is 2.59. The van der Waals surface area contributed by atoms with Gasteiger partial charge in [0.05, 0.1) is 13.0 Å². The molecule has 1 amide bonds. The zero-order valence-electron chi connectivity index (χ0n) is 13.2. The number of carbonyl (C=O) groups is 1. The first kappa shape index (κ1) is 15.4. The van der Waals surface area contributed by atoms with Crippen LogP contribution in [0.4, 0.5) is 0 Å². The smallest absolute Gasteiger partial charge is 0.229 e. The number of amides is 1. The van der Waals surface area contributed by atoms with E-state index in [0.29, 0.717) is 0 Å². The van der Waals surface area contributed by atoms with Gasteiger partial charge in [-0.15, -0.1) is 0 Å².